The van der Waals surface area contributed by atoms with E-state index in [2.05, 4.69) is 15.2 Å². The number of halogens is 1. The lowest BCUT2D eigenvalue weighted by Gasteiger charge is -2.14. The fourth-order valence-electron chi connectivity index (χ4n) is 3.72. The third-order valence-corrected chi connectivity index (χ3v) is 5.21. The van der Waals surface area contributed by atoms with Crippen molar-refractivity contribution in [2.24, 2.45) is 13.0 Å². The molecule has 6 nitrogen and oxygen atoms in total. The van der Waals surface area contributed by atoms with Crippen molar-refractivity contribution in [2.45, 2.75) is 26.0 Å². The van der Waals surface area contributed by atoms with Crippen LogP contribution in [0.3, 0.4) is 0 Å². The minimum absolute atomic E-state index is 0.137. The summed E-state index contributed by atoms with van der Waals surface area (Å²) in [6, 6.07) is 7.78. The van der Waals surface area contributed by atoms with Gasteiger partial charge in [0.05, 0.1) is 28.0 Å². The molecule has 4 rings (SSSR count). The predicted octanol–water partition coefficient (Wildman–Crippen LogP) is 2.56. The van der Waals surface area contributed by atoms with Crippen LogP contribution < -0.4 is 0 Å². The molecule has 0 amide bonds. The molecule has 3 aromatic rings. The van der Waals surface area contributed by atoms with Gasteiger partial charge in [0.25, 0.3) is 0 Å². The van der Waals surface area contributed by atoms with Crippen LogP contribution in [-0.4, -0.2) is 44.1 Å². The maximum Gasteiger partial charge on any atom is 0.137 e. The number of aromatic nitrogens is 3. The summed E-state index contributed by atoms with van der Waals surface area (Å²) < 4.78 is 7.15. The van der Waals surface area contributed by atoms with Gasteiger partial charge >= 0.3 is 0 Å². The molecule has 7 heteroatoms. The zero-order chi connectivity index (χ0) is 17.6. The van der Waals surface area contributed by atoms with Crippen molar-refractivity contribution in [3.63, 3.8) is 0 Å². The summed E-state index contributed by atoms with van der Waals surface area (Å²) in [5, 5.41) is 20.7. The summed E-state index contributed by atoms with van der Waals surface area (Å²) in [7, 11) is 1.93. The first-order valence-corrected chi connectivity index (χ1v) is 8.82. The lowest BCUT2D eigenvalue weighted by molar-refractivity contribution is 0.137. The SMILES string of the molecule is Cc1cc(C[C@@H]2CN(Cc3nn(C)c4cccc(Cl)c34)C[C@@H]2O)on1. The average molecular weight is 361 g/mol. The fourth-order valence-corrected chi connectivity index (χ4v) is 4.00. The van der Waals surface area contributed by atoms with Crippen molar-refractivity contribution in [1.82, 2.24) is 19.8 Å². The van der Waals surface area contributed by atoms with Crippen LogP contribution in [-0.2, 0) is 20.0 Å². The summed E-state index contributed by atoms with van der Waals surface area (Å²) in [4.78, 5) is 2.23. The molecular formula is C18H21ClN4O2. The standard InChI is InChI=1S/C18H21ClN4O2/c1-11-6-13(25-21-11)7-12-8-23(10-17(12)24)9-15-18-14(19)4-3-5-16(18)22(2)20-15/h3-6,12,17,24H,7-10H2,1-2H3/t12-,17+/m1/s1. The number of nitrogens with zero attached hydrogens (tertiary/aromatic N) is 4. The number of fused-ring (bicyclic) bond motifs is 1. The van der Waals surface area contributed by atoms with Crippen molar-refractivity contribution in [1.29, 1.82) is 0 Å². The predicted molar refractivity (Wildman–Crippen MR) is 95.4 cm³/mol. The number of rotatable bonds is 4. The lowest BCUT2D eigenvalue weighted by Crippen LogP contribution is -2.21. The lowest BCUT2D eigenvalue weighted by atomic mass is 10.0. The number of β-amino-alcohol motifs (C(OH)–C–C–N with tert-alkyl or cyclic N) is 1. The molecular weight excluding hydrogens is 340 g/mol. The van der Waals surface area contributed by atoms with Gasteiger partial charge in [-0.05, 0) is 19.1 Å². The smallest absolute Gasteiger partial charge is 0.137 e. The number of aliphatic hydroxyl groups excluding tert-OH is 1. The molecule has 0 radical (unpaired) electrons. The molecule has 25 heavy (non-hydrogen) atoms. The average Bonchev–Trinajstić information content (AvgIpc) is 3.21. The van der Waals surface area contributed by atoms with Crippen molar-refractivity contribution in [3.8, 4) is 0 Å². The molecule has 1 N–H and O–H groups in total. The molecule has 0 saturated carbocycles. The number of likely N-dealkylation sites (tertiary alicyclic amines) is 1. The van der Waals surface area contributed by atoms with Gasteiger partial charge in [-0.15, -0.1) is 0 Å². The molecule has 0 bridgehead atoms. The summed E-state index contributed by atoms with van der Waals surface area (Å²) in [5.41, 5.74) is 2.84. The van der Waals surface area contributed by atoms with Gasteiger partial charge in [-0.2, -0.15) is 5.10 Å². The highest BCUT2D eigenvalue weighted by atomic mass is 35.5. The van der Waals surface area contributed by atoms with E-state index >= 15 is 0 Å². The Balaban J connectivity index is 1.51. The highest BCUT2D eigenvalue weighted by Gasteiger charge is 2.33. The van der Waals surface area contributed by atoms with Crippen LogP contribution in [0.2, 0.25) is 5.02 Å². The zero-order valence-electron chi connectivity index (χ0n) is 14.3. The van der Waals surface area contributed by atoms with E-state index < -0.39 is 0 Å². The Morgan fingerprint density at radius 2 is 2.20 bits per heavy atom. The van der Waals surface area contributed by atoms with E-state index in [-0.39, 0.29) is 12.0 Å². The summed E-state index contributed by atoms with van der Waals surface area (Å²) in [6.07, 6.45) is 0.318. The Labute approximate surface area is 151 Å². The van der Waals surface area contributed by atoms with Gasteiger partial charge in [-0.1, -0.05) is 22.8 Å². The maximum absolute atomic E-state index is 10.4. The van der Waals surface area contributed by atoms with Gasteiger partial charge in [-0.25, -0.2) is 0 Å². The van der Waals surface area contributed by atoms with Gasteiger partial charge in [0.15, 0.2) is 0 Å². The summed E-state index contributed by atoms with van der Waals surface area (Å²) in [6.45, 7) is 3.99. The minimum atomic E-state index is -0.379. The maximum atomic E-state index is 10.4. The van der Waals surface area contributed by atoms with E-state index in [0.29, 0.717) is 24.5 Å². The van der Waals surface area contributed by atoms with Gasteiger partial charge in [0.2, 0.25) is 0 Å². The Morgan fingerprint density at radius 3 is 2.96 bits per heavy atom. The number of aliphatic hydroxyl groups is 1. The second kappa shape index (κ2) is 6.44. The molecule has 1 aromatic carbocycles. The molecule has 1 aliphatic rings. The Hall–Kier alpha value is -1.89. The first-order valence-electron chi connectivity index (χ1n) is 8.44. The third kappa shape index (κ3) is 3.17. The molecule has 132 valence electrons. The molecule has 1 fully saturated rings. The van der Waals surface area contributed by atoms with Crippen molar-refractivity contribution in [2.75, 3.05) is 13.1 Å². The van der Waals surface area contributed by atoms with Gasteiger partial charge in [0, 0.05) is 50.5 Å². The Morgan fingerprint density at radius 1 is 1.36 bits per heavy atom. The van der Waals surface area contributed by atoms with Crippen LogP contribution in [0.5, 0.6) is 0 Å². The van der Waals surface area contributed by atoms with Crippen molar-refractivity contribution >= 4 is 22.5 Å². The molecule has 1 aliphatic heterocycles. The highest BCUT2D eigenvalue weighted by molar-refractivity contribution is 6.35. The molecule has 3 heterocycles. The number of hydrogen-bond donors (Lipinski definition) is 1. The molecule has 2 atom stereocenters. The van der Waals surface area contributed by atoms with Crippen molar-refractivity contribution < 1.29 is 9.63 Å². The van der Waals surface area contributed by atoms with Crippen LogP contribution in [0, 0.1) is 12.8 Å². The normalized spacial score (nSPS) is 21.4. The molecule has 1 saturated heterocycles. The van der Waals surface area contributed by atoms with Gasteiger partial charge < -0.3 is 9.63 Å². The van der Waals surface area contributed by atoms with E-state index in [0.717, 1.165) is 34.6 Å². The summed E-state index contributed by atoms with van der Waals surface area (Å²) >= 11 is 6.39. The largest absolute Gasteiger partial charge is 0.391 e. The minimum Gasteiger partial charge on any atom is -0.391 e. The quantitative estimate of drug-likeness (QED) is 0.774. The molecule has 0 aliphatic carbocycles. The number of aryl methyl sites for hydroxylation is 2. The number of benzene rings is 1. The molecule has 0 spiro atoms. The highest BCUT2D eigenvalue weighted by Crippen LogP contribution is 2.29. The van der Waals surface area contributed by atoms with Crippen molar-refractivity contribution in [3.05, 3.63) is 46.4 Å². The van der Waals surface area contributed by atoms with E-state index in [9.17, 15) is 5.11 Å². The third-order valence-electron chi connectivity index (χ3n) is 4.90. The number of hydrogen-bond acceptors (Lipinski definition) is 5. The van der Waals surface area contributed by atoms with E-state index in [1.54, 1.807) is 0 Å². The fraction of sp³-hybridized carbons (Fsp3) is 0.444. The Bertz CT molecular complexity index is 904. The van der Waals surface area contributed by atoms with Crippen LogP contribution in [0.25, 0.3) is 10.9 Å². The van der Waals surface area contributed by atoms with Crippen LogP contribution >= 0.6 is 11.6 Å². The first kappa shape index (κ1) is 16.6. The second-order valence-electron chi connectivity index (χ2n) is 6.86. The van der Waals surface area contributed by atoms with E-state index in [1.807, 2.05) is 42.9 Å². The van der Waals surface area contributed by atoms with E-state index in [1.165, 1.54) is 0 Å². The Kier molecular flexibility index (Phi) is 4.27. The van der Waals surface area contributed by atoms with Gasteiger partial charge in [-0.3, -0.25) is 9.58 Å². The van der Waals surface area contributed by atoms with E-state index in [4.69, 9.17) is 16.1 Å². The van der Waals surface area contributed by atoms with Crippen LogP contribution in [0.1, 0.15) is 17.1 Å². The molecule has 0 unspecified atom stereocenters. The van der Waals surface area contributed by atoms with Gasteiger partial charge in [0.1, 0.15) is 5.76 Å². The summed E-state index contributed by atoms with van der Waals surface area (Å²) in [5.74, 6) is 0.965. The van der Waals surface area contributed by atoms with Crippen LogP contribution in [0.4, 0.5) is 0 Å². The molecule has 2 aromatic heterocycles. The first-order chi connectivity index (χ1) is 12.0. The topological polar surface area (TPSA) is 67.3 Å². The second-order valence-corrected chi connectivity index (χ2v) is 7.27. The zero-order valence-corrected chi connectivity index (χ0v) is 15.1. The van der Waals surface area contributed by atoms with Crippen LogP contribution in [0.15, 0.2) is 28.8 Å². The monoisotopic (exact) mass is 360 g/mol.